The number of nitrogens with one attached hydrogen (secondary N) is 1. The molecule has 1 heterocycles. The molecule has 0 fully saturated rings. The number of carbonyl (C=O) groups is 2. The predicted molar refractivity (Wildman–Crippen MR) is 91.4 cm³/mol. The highest BCUT2D eigenvalue weighted by Gasteiger charge is 2.26. The number of urea groups is 1. The molecule has 1 atom stereocenters. The molecular weight excluding hydrogens is 340 g/mol. The molecule has 0 spiro atoms. The fourth-order valence-electron chi connectivity index (χ4n) is 2.69. The SMILES string of the molecule is COc1ccc([C@H](NC(N)=O)c2cc3c(cc2OC(C)=O)OCO3)cc1. The van der Waals surface area contributed by atoms with Crippen molar-refractivity contribution < 1.29 is 28.5 Å². The number of carbonyl (C=O) groups excluding carboxylic acids is 2. The van der Waals surface area contributed by atoms with E-state index in [2.05, 4.69) is 5.32 Å². The summed E-state index contributed by atoms with van der Waals surface area (Å²) in [5.74, 6) is 1.35. The number of hydrogen-bond donors (Lipinski definition) is 2. The van der Waals surface area contributed by atoms with Gasteiger partial charge in [0, 0.05) is 18.6 Å². The Balaban J connectivity index is 2.09. The van der Waals surface area contributed by atoms with Gasteiger partial charge in [0.05, 0.1) is 13.2 Å². The highest BCUT2D eigenvalue weighted by Crippen LogP contribution is 2.42. The highest BCUT2D eigenvalue weighted by molar-refractivity contribution is 5.74. The standard InChI is InChI=1S/C18H18N2O6/c1-10(21)26-14-8-16-15(24-9-25-16)7-13(14)17(20-18(19)22)11-3-5-12(23-2)6-4-11/h3-8,17H,9H2,1-2H3,(H3,19,20,22)/t17-/m0/s1. The van der Waals surface area contributed by atoms with Crippen molar-refractivity contribution in [1.29, 1.82) is 0 Å². The van der Waals surface area contributed by atoms with Gasteiger partial charge in [-0.15, -0.1) is 0 Å². The van der Waals surface area contributed by atoms with E-state index in [0.29, 0.717) is 22.8 Å². The number of fused-ring (bicyclic) bond motifs is 1. The van der Waals surface area contributed by atoms with Gasteiger partial charge < -0.3 is 30.0 Å². The van der Waals surface area contributed by atoms with Crippen LogP contribution < -0.4 is 30.0 Å². The molecule has 0 radical (unpaired) electrons. The van der Waals surface area contributed by atoms with Crippen LogP contribution >= 0.6 is 0 Å². The van der Waals surface area contributed by atoms with Gasteiger partial charge in [-0.3, -0.25) is 4.79 Å². The first-order chi connectivity index (χ1) is 12.5. The van der Waals surface area contributed by atoms with E-state index in [1.54, 1.807) is 43.5 Å². The smallest absolute Gasteiger partial charge is 0.312 e. The van der Waals surface area contributed by atoms with Crippen LogP contribution in [0.3, 0.4) is 0 Å². The predicted octanol–water partition coefficient (Wildman–Crippen LogP) is 2.11. The molecule has 2 aromatic rings. The Morgan fingerprint density at radius 3 is 2.38 bits per heavy atom. The molecule has 8 heteroatoms. The molecule has 0 bridgehead atoms. The molecule has 0 saturated heterocycles. The second kappa shape index (κ2) is 7.22. The summed E-state index contributed by atoms with van der Waals surface area (Å²) in [6.07, 6.45) is 0. The summed E-state index contributed by atoms with van der Waals surface area (Å²) in [7, 11) is 1.56. The Bertz CT molecular complexity index is 834. The zero-order valence-electron chi connectivity index (χ0n) is 14.3. The van der Waals surface area contributed by atoms with Crippen LogP contribution in [-0.2, 0) is 4.79 Å². The summed E-state index contributed by atoms with van der Waals surface area (Å²) in [6, 6.07) is 8.89. The van der Waals surface area contributed by atoms with Crippen LogP contribution in [0.2, 0.25) is 0 Å². The van der Waals surface area contributed by atoms with E-state index in [4.69, 9.17) is 24.7 Å². The van der Waals surface area contributed by atoms with Crippen LogP contribution in [-0.4, -0.2) is 25.9 Å². The number of rotatable bonds is 5. The Morgan fingerprint density at radius 1 is 1.15 bits per heavy atom. The lowest BCUT2D eigenvalue weighted by Crippen LogP contribution is -2.34. The van der Waals surface area contributed by atoms with Crippen molar-refractivity contribution in [2.75, 3.05) is 13.9 Å². The van der Waals surface area contributed by atoms with E-state index >= 15 is 0 Å². The number of benzene rings is 2. The maximum absolute atomic E-state index is 11.6. The first kappa shape index (κ1) is 17.4. The normalized spacial score (nSPS) is 13.0. The van der Waals surface area contributed by atoms with E-state index in [0.717, 1.165) is 5.56 Å². The largest absolute Gasteiger partial charge is 0.497 e. The minimum atomic E-state index is -0.725. The molecule has 8 nitrogen and oxygen atoms in total. The van der Waals surface area contributed by atoms with Crippen molar-refractivity contribution in [3.05, 3.63) is 47.5 Å². The molecule has 2 amide bonds. The Labute approximate surface area is 149 Å². The number of hydrogen-bond acceptors (Lipinski definition) is 6. The van der Waals surface area contributed by atoms with Gasteiger partial charge in [-0.2, -0.15) is 0 Å². The van der Waals surface area contributed by atoms with Crippen LogP contribution in [0.15, 0.2) is 36.4 Å². The summed E-state index contributed by atoms with van der Waals surface area (Å²) in [5, 5.41) is 2.67. The number of primary amides is 1. The number of esters is 1. The third-order valence-corrected chi connectivity index (χ3v) is 3.81. The number of methoxy groups -OCH3 is 1. The molecule has 0 unspecified atom stereocenters. The van der Waals surface area contributed by atoms with Gasteiger partial charge in [-0.1, -0.05) is 12.1 Å². The second-order valence-electron chi connectivity index (χ2n) is 5.55. The summed E-state index contributed by atoms with van der Waals surface area (Å²) < 4.78 is 21.2. The van der Waals surface area contributed by atoms with E-state index in [-0.39, 0.29) is 12.5 Å². The fraction of sp³-hybridized carbons (Fsp3) is 0.222. The topological polar surface area (TPSA) is 109 Å². The van der Waals surface area contributed by atoms with Crippen LogP contribution in [0.4, 0.5) is 4.79 Å². The Morgan fingerprint density at radius 2 is 1.81 bits per heavy atom. The van der Waals surface area contributed by atoms with Gasteiger partial charge in [0.1, 0.15) is 11.5 Å². The average Bonchev–Trinajstić information content (AvgIpc) is 3.06. The van der Waals surface area contributed by atoms with Crippen molar-refractivity contribution in [2.24, 2.45) is 5.73 Å². The summed E-state index contributed by atoms with van der Waals surface area (Å²) in [6.45, 7) is 1.35. The monoisotopic (exact) mass is 358 g/mol. The maximum atomic E-state index is 11.6. The lowest BCUT2D eigenvalue weighted by atomic mass is 9.97. The van der Waals surface area contributed by atoms with Crippen LogP contribution in [0.25, 0.3) is 0 Å². The number of nitrogens with two attached hydrogens (primary N) is 1. The number of ether oxygens (including phenoxy) is 4. The van der Waals surface area contributed by atoms with E-state index in [1.165, 1.54) is 6.92 Å². The zero-order chi connectivity index (χ0) is 18.7. The first-order valence-electron chi connectivity index (χ1n) is 7.80. The van der Waals surface area contributed by atoms with Gasteiger partial charge in [-0.05, 0) is 23.8 Å². The third kappa shape index (κ3) is 3.64. The van der Waals surface area contributed by atoms with Crippen LogP contribution in [0.5, 0.6) is 23.0 Å². The van der Waals surface area contributed by atoms with Crippen molar-refractivity contribution >= 4 is 12.0 Å². The fourth-order valence-corrected chi connectivity index (χ4v) is 2.69. The van der Waals surface area contributed by atoms with E-state index < -0.39 is 18.0 Å². The van der Waals surface area contributed by atoms with Crippen molar-refractivity contribution in [1.82, 2.24) is 5.32 Å². The summed E-state index contributed by atoms with van der Waals surface area (Å²) in [5.41, 5.74) is 6.58. The van der Waals surface area contributed by atoms with Gasteiger partial charge in [0.2, 0.25) is 6.79 Å². The third-order valence-electron chi connectivity index (χ3n) is 3.81. The lowest BCUT2D eigenvalue weighted by Gasteiger charge is -2.21. The number of amides is 2. The molecule has 0 saturated carbocycles. The van der Waals surface area contributed by atoms with Crippen LogP contribution in [0, 0.1) is 0 Å². The van der Waals surface area contributed by atoms with Crippen molar-refractivity contribution in [3.8, 4) is 23.0 Å². The molecule has 3 rings (SSSR count). The van der Waals surface area contributed by atoms with Gasteiger partial charge in [0.15, 0.2) is 11.5 Å². The molecule has 136 valence electrons. The second-order valence-corrected chi connectivity index (χ2v) is 5.55. The molecule has 2 aromatic carbocycles. The molecule has 0 aliphatic carbocycles. The highest BCUT2D eigenvalue weighted by atomic mass is 16.7. The molecule has 26 heavy (non-hydrogen) atoms. The maximum Gasteiger partial charge on any atom is 0.312 e. The molecule has 1 aliphatic heterocycles. The van der Waals surface area contributed by atoms with Crippen LogP contribution in [0.1, 0.15) is 24.1 Å². The van der Waals surface area contributed by atoms with E-state index in [1.807, 2.05) is 0 Å². The van der Waals surface area contributed by atoms with Crippen molar-refractivity contribution in [3.63, 3.8) is 0 Å². The Hall–Kier alpha value is -3.42. The Kier molecular flexibility index (Phi) is 4.83. The molecular formula is C18H18N2O6. The molecule has 1 aliphatic rings. The van der Waals surface area contributed by atoms with Gasteiger partial charge in [0.25, 0.3) is 0 Å². The minimum absolute atomic E-state index is 0.0642. The van der Waals surface area contributed by atoms with E-state index in [9.17, 15) is 9.59 Å². The van der Waals surface area contributed by atoms with Gasteiger partial charge >= 0.3 is 12.0 Å². The summed E-state index contributed by atoms with van der Waals surface area (Å²) in [4.78, 5) is 23.1. The minimum Gasteiger partial charge on any atom is -0.497 e. The van der Waals surface area contributed by atoms with Gasteiger partial charge in [-0.25, -0.2) is 4.79 Å². The zero-order valence-corrected chi connectivity index (χ0v) is 14.3. The molecule has 0 aromatic heterocycles. The first-order valence-corrected chi connectivity index (χ1v) is 7.80. The molecule has 3 N–H and O–H groups in total. The lowest BCUT2D eigenvalue weighted by molar-refractivity contribution is -0.131. The van der Waals surface area contributed by atoms with Crippen molar-refractivity contribution in [2.45, 2.75) is 13.0 Å². The summed E-state index contributed by atoms with van der Waals surface area (Å²) >= 11 is 0. The average molecular weight is 358 g/mol. The quantitative estimate of drug-likeness (QED) is 0.626.